The van der Waals surface area contributed by atoms with E-state index < -0.39 is 23.5 Å². The van der Waals surface area contributed by atoms with Gasteiger partial charge in [-0.15, -0.1) is 0 Å². The van der Waals surface area contributed by atoms with Crippen LogP contribution in [0.1, 0.15) is 36.8 Å². The van der Waals surface area contributed by atoms with E-state index in [9.17, 15) is 19.5 Å². The first kappa shape index (κ1) is 24.5. The van der Waals surface area contributed by atoms with Gasteiger partial charge in [-0.2, -0.15) is 0 Å². The van der Waals surface area contributed by atoms with E-state index in [2.05, 4.69) is 10.6 Å². The van der Waals surface area contributed by atoms with Crippen molar-refractivity contribution in [3.05, 3.63) is 71.8 Å². The summed E-state index contributed by atoms with van der Waals surface area (Å²) in [6.07, 6.45) is 1.93. The number of nitrogens with zero attached hydrogens (tertiary/aromatic N) is 1. The van der Waals surface area contributed by atoms with Crippen molar-refractivity contribution in [1.29, 1.82) is 0 Å². The Morgan fingerprint density at radius 2 is 1.56 bits per heavy atom. The highest BCUT2D eigenvalue weighted by molar-refractivity contribution is 5.98. The number of carbonyl (C=O) groups is 3. The molecule has 5 atom stereocenters. The average Bonchev–Trinajstić information content (AvgIpc) is 3.55. The highest BCUT2D eigenvalue weighted by Crippen LogP contribution is 2.58. The lowest BCUT2D eigenvalue weighted by Gasteiger charge is -2.33. The first-order valence-corrected chi connectivity index (χ1v) is 12.8. The summed E-state index contributed by atoms with van der Waals surface area (Å²) in [5.41, 5.74) is 0.938. The van der Waals surface area contributed by atoms with Crippen molar-refractivity contribution >= 4 is 17.7 Å². The Morgan fingerprint density at radius 1 is 0.944 bits per heavy atom. The highest BCUT2D eigenvalue weighted by Gasteiger charge is 2.74. The van der Waals surface area contributed by atoms with E-state index >= 15 is 0 Å². The highest BCUT2D eigenvalue weighted by atomic mass is 16.5. The van der Waals surface area contributed by atoms with Gasteiger partial charge in [0, 0.05) is 26.2 Å². The number of hydrogen-bond donors (Lipinski definition) is 3. The fraction of sp³-hybridized carbons (Fsp3) is 0.464. The first-order valence-electron chi connectivity index (χ1n) is 12.8. The molecule has 1 spiro atoms. The molecule has 2 unspecified atom stereocenters. The molecule has 0 saturated carbocycles. The van der Waals surface area contributed by atoms with Crippen molar-refractivity contribution in [2.75, 3.05) is 13.2 Å². The third-order valence-corrected chi connectivity index (χ3v) is 7.78. The van der Waals surface area contributed by atoms with E-state index in [1.54, 1.807) is 4.90 Å². The number of rotatable bonds is 10. The summed E-state index contributed by atoms with van der Waals surface area (Å²) in [7, 11) is 0. The predicted molar refractivity (Wildman–Crippen MR) is 132 cm³/mol. The zero-order chi connectivity index (χ0) is 25.1. The number of hydrogen-bond acceptors (Lipinski definition) is 5. The molecular formula is C28H33N3O5. The van der Waals surface area contributed by atoms with Gasteiger partial charge in [-0.25, -0.2) is 0 Å². The monoisotopic (exact) mass is 491 g/mol. The van der Waals surface area contributed by atoms with Crippen LogP contribution in [0.3, 0.4) is 0 Å². The van der Waals surface area contributed by atoms with Gasteiger partial charge >= 0.3 is 0 Å². The van der Waals surface area contributed by atoms with Crippen molar-refractivity contribution < 1.29 is 24.2 Å². The van der Waals surface area contributed by atoms with Gasteiger partial charge in [0.25, 0.3) is 0 Å². The quantitative estimate of drug-likeness (QED) is 0.439. The third kappa shape index (κ3) is 4.40. The zero-order valence-electron chi connectivity index (χ0n) is 20.3. The molecule has 3 aliphatic rings. The summed E-state index contributed by atoms with van der Waals surface area (Å²) < 4.78 is 6.43. The van der Waals surface area contributed by atoms with Crippen molar-refractivity contribution in [2.45, 2.75) is 56.5 Å². The number of amides is 3. The van der Waals surface area contributed by atoms with Gasteiger partial charge < -0.3 is 25.4 Å². The lowest BCUT2D eigenvalue weighted by atomic mass is 9.70. The molecule has 2 aromatic carbocycles. The van der Waals surface area contributed by atoms with E-state index in [1.165, 1.54) is 0 Å². The average molecular weight is 492 g/mol. The second kappa shape index (κ2) is 10.4. The maximum atomic E-state index is 13.8. The van der Waals surface area contributed by atoms with Crippen molar-refractivity contribution in [2.24, 2.45) is 11.8 Å². The number of likely N-dealkylation sites (tertiary alicyclic amines) is 1. The van der Waals surface area contributed by atoms with Crippen LogP contribution in [0.5, 0.6) is 0 Å². The fourth-order valence-corrected chi connectivity index (χ4v) is 6.17. The SMILES string of the molecule is O=C(NCc1ccccc1)C1N(CCCCO)C(=O)[C@@H]2[C@H](C(=O)NCc3ccccc3)[C@@H]3CCC12O3. The van der Waals surface area contributed by atoms with Crippen molar-refractivity contribution in [3.8, 4) is 0 Å². The van der Waals surface area contributed by atoms with Crippen LogP contribution in [-0.4, -0.2) is 58.6 Å². The molecule has 3 heterocycles. The van der Waals surface area contributed by atoms with Crippen LogP contribution in [-0.2, 0) is 32.2 Å². The van der Waals surface area contributed by atoms with E-state index in [4.69, 9.17) is 4.74 Å². The van der Waals surface area contributed by atoms with Crippen molar-refractivity contribution in [3.63, 3.8) is 0 Å². The molecule has 0 aromatic heterocycles. The lowest BCUT2D eigenvalue weighted by Crippen LogP contribution is -2.55. The smallest absolute Gasteiger partial charge is 0.246 e. The van der Waals surface area contributed by atoms with Gasteiger partial charge in [0.15, 0.2) is 0 Å². The molecule has 3 saturated heterocycles. The summed E-state index contributed by atoms with van der Waals surface area (Å²) in [4.78, 5) is 42.3. The molecular weight excluding hydrogens is 458 g/mol. The standard InChI is InChI=1S/C28H33N3O5/c32-16-8-7-15-31-24(26(34)30-18-20-11-5-2-6-12-20)28-14-13-21(36-28)22(23(28)27(31)35)25(33)29-17-19-9-3-1-4-10-19/h1-6,9-12,21-24,32H,7-8,13-18H2,(H,29,33)(H,30,34)/t21-,22+,23-,24?,28?/m0/s1. The number of ether oxygens (including phenoxy) is 1. The summed E-state index contributed by atoms with van der Waals surface area (Å²) >= 11 is 0. The van der Waals surface area contributed by atoms with Crippen LogP contribution in [0.2, 0.25) is 0 Å². The van der Waals surface area contributed by atoms with E-state index in [1.807, 2.05) is 60.7 Å². The zero-order valence-corrected chi connectivity index (χ0v) is 20.3. The molecule has 3 fully saturated rings. The molecule has 36 heavy (non-hydrogen) atoms. The van der Waals surface area contributed by atoms with Crippen LogP contribution in [0.15, 0.2) is 60.7 Å². The van der Waals surface area contributed by atoms with E-state index in [0.717, 1.165) is 11.1 Å². The van der Waals surface area contributed by atoms with Gasteiger partial charge in [0.1, 0.15) is 11.6 Å². The van der Waals surface area contributed by atoms with Gasteiger partial charge in [-0.05, 0) is 36.8 Å². The number of unbranched alkanes of at least 4 members (excludes halogenated alkanes) is 1. The van der Waals surface area contributed by atoms with Gasteiger partial charge in [0.2, 0.25) is 17.7 Å². The van der Waals surface area contributed by atoms with Gasteiger partial charge in [0.05, 0.1) is 17.9 Å². The van der Waals surface area contributed by atoms with Crippen LogP contribution in [0.25, 0.3) is 0 Å². The number of benzene rings is 2. The Hall–Kier alpha value is -3.23. The molecule has 5 rings (SSSR count). The van der Waals surface area contributed by atoms with Crippen LogP contribution >= 0.6 is 0 Å². The topological polar surface area (TPSA) is 108 Å². The number of carbonyl (C=O) groups excluding carboxylic acids is 3. The molecule has 8 heteroatoms. The molecule has 8 nitrogen and oxygen atoms in total. The third-order valence-electron chi connectivity index (χ3n) is 7.78. The maximum absolute atomic E-state index is 13.8. The van der Waals surface area contributed by atoms with Crippen LogP contribution in [0.4, 0.5) is 0 Å². The number of aliphatic hydroxyl groups excluding tert-OH is 1. The Kier molecular flexibility index (Phi) is 7.07. The second-order valence-corrected chi connectivity index (χ2v) is 9.93. The maximum Gasteiger partial charge on any atom is 0.246 e. The molecule has 3 aliphatic heterocycles. The summed E-state index contributed by atoms with van der Waals surface area (Å²) in [5.74, 6) is -1.97. The molecule has 3 N–H and O–H groups in total. The summed E-state index contributed by atoms with van der Waals surface area (Å²) in [5, 5.41) is 15.3. The minimum atomic E-state index is -1.00. The van der Waals surface area contributed by atoms with Crippen LogP contribution < -0.4 is 10.6 Å². The summed E-state index contributed by atoms with van der Waals surface area (Å²) in [6.45, 7) is 1.08. The van der Waals surface area contributed by atoms with Crippen molar-refractivity contribution in [1.82, 2.24) is 15.5 Å². The van der Waals surface area contributed by atoms with Crippen LogP contribution in [0, 0.1) is 11.8 Å². The number of fused-ring (bicyclic) bond motifs is 1. The largest absolute Gasteiger partial charge is 0.396 e. The number of aliphatic hydroxyl groups is 1. The normalized spacial score (nSPS) is 28.2. The predicted octanol–water partition coefficient (Wildman–Crippen LogP) is 1.77. The number of nitrogens with one attached hydrogen (secondary N) is 2. The summed E-state index contributed by atoms with van der Waals surface area (Å²) in [6, 6.07) is 18.5. The molecule has 3 amide bonds. The van der Waals surface area contributed by atoms with Gasteiger partial charge in [-0.1, -0.05) is 60.7 Å². The molecule has 0 radical (unpaired) electrons. The Morgan fingerprint density at radius 3 is 2.17 bits per heavy atom. The molecule has 2 aromatic rings. The first-order chi connectivity index (χ1) is 17.5. The fourth-order valence-electron chi connectivity index (χ4n) is 6.17. The minimum absolute atomic E-state index is 0.0184. The Labute approximate surface area is 211 Å². The van der Waals surface area contributed by atoms with E-state index in [-0.39, 0.29) is 30.4 Å². The van der Waals surface area contributed by atoms with E-state index in [0.29, 0.717) is 45.3 Å². The second-order valence-electron chi connectivity index (χ2n) is 9.93. The van der Waals surface area contributed by atoms with Gasteiger partial charge in [-0.3, -0.25) is 14.4 Å². The molecule has 0 aliphatic carbocycles. The minimum Gasteiger partial charge on any atom is -0.396 e. The molecule has 2 bridgehead atoms. The molecule has 190 valence electrons. The lowest BCUT2D eigenvalue weighted by molar-refractivity contribution is -0.142. The Bertz CT molecular complexity index is 1090. The Balaban J connectivity index is 1.37.